The SMILES string of the molecule is CCOC(=O)c1cccc(Sc2c(C3CC3)n(-c3cnn(CC(F)(F)F)c3)c3c(F)c(Cl)ccc23)c1F. The van der Waals surface area contributed by atoms with Gasteiger partial charge in [-0.25, -0.2) is 13.6 Å². The molecule has 0 bridgehead atoms. The van der Waals surface area contributed by atoms with E-state index < -0.39 is 30.3 Å². The minimum absolute atomic E-state index is 0.0321. The number of hydrogen-bond donors (Lipinski definition) is 0. The van der Waals surface area contributed by atoms with E-state index in [9.17, 15) is 18.0 Å². The van der Waals surface area contributed by atoms with Gasteiger partial charge in [-0.05, 0) is 44.0 Å². The molecule has 2 aromatic carbocycles. The van der Waals surface area contributed by atoms with Crippen LogP contribution in [0.15, 0.2) is 52.5 Å². The van der Waals surface area contributed by atoms with Gasteiger partial charge in [0, 0.05) is 33.0 Å². The summed E-state index contributed by atoms with van der Waals surface area (Å²) in [6.07, 6.45) is -0.537. The largest absolute Gasteiger partial charge is 0.462 e. The van der Waals surface area contributed by atoms with Gasteiger partial charge in [-0.1, -0.05) is 29.4 Å². The number of benzene rings is 2. The van der Waals surface area contributed by atoms with Crippen molar-refractivity contribution in [3.63, 3.8) is 0 Å². The van der Waals surface area contributed by atoms with E-state index in [-0.39, 0.29) is 39.2 Å². The van der Waals surface area contributed by atoms with Crippen LogP contribution in [0.25, 0.3) is 16.6 Å². The Morgan fingerprint density at radius 1 is 1.19 bits per heavy atom. The lowest BCUT2D eigenvalue weighted by Gasteiger charge is -2.11. The predicted octanol–water partition coefficient (Wildman–Crippen LogP) is 7.53. The van der Waals surface area contributed by atoms with Gasteiger partial charge in [-0.15, -0.1) is 0 Å². The summed E-state index contributed by atoms with van der Waals surface area (Å²) >= 11 is 7.11. The van der Waals surface area contributed by atoms with Crippen molar-refractivity contribution in [3.8, 4) is 5.69 Å². The van der Waals surface area contributed by atoms with E-state index in [0.717, 1.165) is 29.3 Å². The highest BCUT2D eigenvalue weighted by molar-refractivity contribution is 7.99. The predicted molar refractivity (Wildman–Crippen MR) is 129 cm³/mol. The summed E-state index contributed by atoms with van der Waals surface area (Å²) in [6, 6.07) is 7.31. The minimum Gasteiger partial charge on any atom is -0.462 e. The highest BCUT2D eigenvalue weighted by Crippen LogP contribution is 2.51. The number of carbonyl (C=O) groups excluding carboxylic acids is 1. The fourth-order valence-corrected chi connectivity index (χ4v) is 5.56. The molecule has 37 heavy (non-hydrogen) atoms. The molecule has 1 fully saturated rings. The molecular formula is C25H19ClF5N3O2S. The Bertz CT molecular complexity index is 1510. The van der Waals surface area contributed by atoms with E-state index in [0.29, 0.717) is 16.0 Å². The van der Waals surface area contributed by atoms with Crippen molar-refractivity contribution >= 4 is 40.2 Å². The molecule has 0 amide bonds. The fraction of sp³-hybridized carbons (Fsp3) is 0.280. The van der Waals surface area contributed by atoms with E-state index in [1.165, 1.54) is 41.2 Å². The molecule has 2 heterocycles. The molecule has 0 N–H and O–H groups in total. The molecule has 12 heteroatoms. The van der Waals surface area contributed by atoms with E-state index in [1.54, 1.807) is 13.0 Å². The highest BCUT2D eigenvalue weighted by Gasteiger charge is 2.35. The molecule has 0 saturated heterocycles. The smallest absolute Gasteiger partial charge is 0.408 e. The molecule has 0 spiro atoms. The lowest BCUT2D eigenvalue weighted by Crippen LogP contribution is -2.17. The van der Waals surface area contributed by atoms with Gasteiger partial charge in [-0.2, -0.15) is 18.3 Å². The number of aromatic nitrogens is 3. The molecule has 1 saturated carbocycles. The van der Waals surface area contributed by atoms with Gasteiger partial charge in [0.1, 0.15) is 6.54 Å². The number of carbonyl (C=O) groups is 1. The van der Waals surface area contributed by atoms with Crippen LogP contribution in [-0.2, 0) is 11.3 Å². The first-order valence-electron chi connectivity index (χ1n) is 11.3. The summed E-state index contributed by atoms with van der Waals surface area (Å²) in [5.41, 5.74) is 0.676. The second-order valence-electron chi connectivity index (χ2n) is 8.53. The van der Waals surface area contributed by atoms with Gasteiger partial charge in [0.15, 0.2) is 11.6 Å². The Morgan fingerprint density at radius 3 is 2.62 bits per heavy atom. The van der Waals surface area contributed by atoms with Crippen LogP contribution < -0.4 is 0 Å². The lowest BCUT2D eigenvalue weighted by atomic mass is 10.2. The van der Waals surface area contributed by atoms with Crippen molar-refractivity contribution in [2.75, 3.05) is 6.61 Å². The Hall–Kier alpha value is -3.05. The number of esters is 1. The molecule has 1 aliphatic carbocycles. The van der Waals surface area contributed by atoms with Crippen molar-refractivity contribution in [1.82, 2.24) is 14.3 Å². The monoisotopic (exact) mass is 555 g/mol. The zero-order chi connectivity index (χ0) is 26.5. The summed E-state index contributed by atoms with van der Waals surface area (Å²) in [5.74, 6) is -2.36. The van der Waals surface area contributed by atoms with Crippen LogP contribution in [-0.4, -0.2) is 33.1 Å². The molecule has 0 aliphatic heterocycles. The van der Waals surface area contributed by atoms with Gasteiger partial charge >= 0.3 is 12.1 Å². The molecule has 194 valence electrons. The van der Waals surface area contributed by atoms with Gasteiger partial charge < -0.3 is 9.30 Å². The van der Waals surface area contributed by atoms with Gasteiger partial charge in [0.2, 0.25) is 0 Å². The molecule has 4 aromatic rings. The molecule has 1 aliphatic rings. The normalized spacial score (nSPS) is 13.9. The topological polar surface area (TPSA) is 49.1 Å². The second-order valence-corrected chi connectivity index (χ2v) is 9.99. The minimum atomic E-state index is -4.49. The first-order valence-corrected chi connectivity index (χ1v) is 12.5. The summed E-state index contributed by atoms with van der Waals surface area (Å²) in [6.45, 7) is 0.389. The van der Waals surface area contributed by atoms with Crippen LogP contribution in [0.2, 0.25) is 5.02 Å². The van der Waals surface area contributed by atoms with Crippen molar-refractivity contribution in [3.05, 3.63) is 70.6 Å². The number of hydrogen-bond acceptors (Lipinski definition) is 4. The summed E-state index contributed by atoms with van der Waals surface area (Å²) in [7, 11) is 0. The maximum absolute atomic E-state index is 15.5. The molecule has 5 rings (SSSR count). The van der Waals surface area contributed by atoms with Crippen LogP contribution in [0.5, 0.6) is 0 Å². The molecule has 0 radical (unpaired) electrons. The maximum atomic E-state index is 15.5. The number of ether oxygens (including phenoxy) is 1. The van der Waals surface area contributed by atoms with Gasteiger partial charge in [0.25, 0.3) is 0 Å². The number of fused-ring (bicyclic) bond motifs is 1. The van der Waals surface area contributed by atoms with Crippen LogP contribution in [0.4, 0.5) is 22.0 Å². The van der Waals surface area contributed by atoms with E-state index >= 15 is 8.78 Å². The Morgan fingerprint density at radius 2 is 1.95 bits per heavy atom. The number of rotatable bonds is 7. The molecule has 2 aromatic heterocycles. The van der Waals surface area contributed by atoms with Crippen LogP contribution in [0.3, 0.4) is 0 Å². The van der Waals surface area contributed by atoms with Crippen molar-refractivity contribution < 1.29 is 31.5 Å². The molecule has 0 unspecified atom stereocenters. The highest BCUT2D eigenvalue weighted by atomic mass is 35.5. The molecular weight excluding hydrogens is 537 g/mol. The first kappa shape index (κ1) is 25.6. The maximum Gasteiger partial charge on any atom is 0.408 e. The third kappa shape index (κ3) is 4.94. The lowest BCUT2D eigenvalue weighted by molar-refractivity contribution is -0.142. The molecule has 5 nitrogen and oxygen atoms in total. The van der Waals surface area contributed by atoms with Crippen molar-refractivity contribution in [2.24, 2.45) is 0 Å². The van der Waals surface area contributed by atoms with Crippen molar-refractivity contribution in [2.45, 2.75) is 48.2 Å². The quantitative estimate of drug-likeness (QED) is 0.175. The average molecular weight is 556 g/mol. The fourth-order valence-electron chi connectivity index (χ4n) is 4.21. The summed E-state index contributed by atoms with van der Waals surface area (Å²) < 4.78 is 76.9. The van der Waals surface area contributed by atoms with E-state index in [2.05, 4.69) is 5.10 Å². The van der Waals surface area contributed by atoms with E-state index in [1.807, 2.05) is 0 Å². The Balaban J connectivity index is 1.70. The van der Waals surface area contributed by atoms with Crippen LogP contribution >= 0.6 is 23.4 Å². The molecule has 0 atom stereocenters. The van der Waals surface area contributed by atoms with Gasteiger partial charge in [-0.3, -0.25) is 4.68 Å². The van der Waals surface area contributed by atoms with Crippen LogP contribution in [0, 0.1) is 11.6 Å². The van der Waals surface area contributed by atoms with E-state index in [4.69, 9.17) is 16.3 Å². The zero-order valence-electron chi connectivity index (χ0n) is 19.3. The summed E-state index contributed by atoms with van der Waals surface area (Å²) in [4.78, 5) is 12.9. The van der Waals surface area contributed by atoms with Gasteiger partial charge in [0.05, 0.1) is 34.6 Å². The summed E-state index contributed by atoms with van der Waals surface area (Å²) in [5, 5.41) is 4.07. The zero-order valence-corrected chi connectivity index (χ0v) is 20.9. The Kier molecular flexibility index (Phi) is 6.70. The first-order chi connectivity index (χ1) is 17.6. The van der Waals surface area contributed by atoms with Crippen molar-refractivity contribution in [1.29, 1.82) is 0 Å². The second kappa shape index (κ2) is 9.68. The number of halogens is 6. The van der Waals surface area contributed by atoms with Crippen LogP contribution in [0.1, 0.15) is 41.7 Å². The average Bonchev–Trinajstić information content (AvgIpc) is 3.48. The standard InChI is InChI=1S/C25H19ClF5N3O2S/c1-2-36-24(35)15-4-3-5-18(19(15)27)37-23-16-8-9-17(26)20(28)22(16)34(21(23)13-6-7-13)14-10-32-33(11-14)12-25(29,30)31/h3-5,8-11,13H,2,6-7,12H2,1H3. The third-order valence-corrected chi connectivity index (χ3v) is 7.32. The third-order valence-electron chi connectivity index (χ3n) is 5.86. The number of alkyl halides is 3. The number of nitrogens with zero attached hydrogens (tertiary/aromatic N) is 3. The Labute approximate surface area is 217 Å².